The monoisotopic (exact) mass is 373 g/mol. The van der Waals surface area contributed by atoms with Crippen molar-refractivity contribution in [1.29, 1.82) is 0 Å². The van der Waals surface area contributed by atoms with E-state index in [1.54, 1.807) is 0 Å². The molecule has 1 aliphatic carbocycles. The first-order valence-corrected chi connectivity index (χ1v) is 9.35. The van der Waals surface area contributed by atoms with Crippen LogP contribution in [0.15, 0.2) is 42.5 Å². The quantitative estimate of drug-likeness (QED) is 0.752. The summed E-state index contributed by atoms with van der Waals surface area (Å²) in [5, 5.41) is 1.42. The number of ether oxygens (including phenoxy) is 4. The van der Waals surface area contributed by atoms with Gasteiger partial charge in [-0.15, -0.1) is 0 Å². The number of hydrogen-bond acceptors (Lipinski definition) is 6. The van der Waals surface area contributed by atoms with Crippen molar-refractivity contribution in [3.63, 3.8) is 0 Å². The Morgan fingerprint density at radius 1 is 1.22 bits per heavy atom. The van der Waals surface area contributed by atoms with E-state index in [0.29, 0.717) is 6.61 Å². The van der Waals surface area contributed by atoms with Gasteiger partial charge in [-0.2, -0.15) is 0 Å². The van der Waals surface area contributed by atoms with Gasteiger partial charge in [-0.05, 0) is 19.4 Å². The molecular formula is C20H23NO6. The Bertz CT molecular complexity index is 750. The van der Waals surface area contributed by atoms with Crippen molar-refractivity contribution in [2.45, 2.75) is 69.4 Å². The second-order valence-electron chi connectivity index (χ2n) is 7.78. The molecule has 3 saturated heterocycles. The number of nitrogens with zero attached hydrogens (tertiary/aromatic N) is 1. The molecule has 27 heavy (non-hydrogen) atoms. The Morgan fingerprint density at radius 2 is 2.04 bits per heavy atom. The normalized spacial score (nSPS) is 38.5. The van der Waals surface area contributed by atoms with Crippen molar-refractivity contribution in [3.05, 3.63) is 48.0 Å². The lowest BCUT2D eigenvalue weighted by molar-refractivity contribution is -0.233. The van der Waals surface area contributed by atoms with Crippen LogP contribution in [0.3, 0.4) is 0 Å². The first-order chi connectivity index (χ1) is 13.0. The van der Waals surface area contributed by atoms with Crippen LogP contribution in [0.4, 0.5) is 0 Å². The summed E-state index contributed by atoms with van der Waals surface area (Å²) in [6.45, 7) is 4.01. The molecule has 3 fully saturated rings. The Morgan fingerprint density at radius 3 is 2.74 bits per heavy atom. The third-order valence-corrected chi connectivity index (χ3v) is 5.31. The molecule has 1 aromatic rings. The third kappa shape index (κ3) is 3.09. The fourth-order valence-electron chi connectivity index (χ4n) is 4.09. The fraction of sp³-hybridized carbons (Fsp3) is 0.550. The Hall–Kier alpha value is -1.77. The Labute approximate surface area is 157 Å². The molecule has 2 unspecified atom stereocenters. The van der Waals surface area contributed by atoms with Gasteiger partial charge in [0.05, 0.1) is 12.6 Å². The molecule has 7 heteroatoms. The number of fused-ring (bicyclic) bond motifs is 3. The van der Waals surface area contributed by atoms with Crippen LogP contribution in [-0.4, -0.2) is 53.5 Å². The highest BCUT2D eigenvalue weighted by Crippen LogP contribution is 2.41. The predicted molar refractivity (Wildman–Crippen MR) is 93.0 cm³/mol. The van der Waals surface area contributed by atoms with Crippen molar-refractivity contribution in [2.75, 3.05) is 0 Å². The fourth-order valence-corrected chi connectivity index (χ4v) is 4.09. The van der Waals surface area contributed by atoms with Crippen molar-refractivity contribution in [2.24, 2.45) is 0 Å². The number of hydroxylamine groups is 2. The summed E-state index contributed by atoms with van der Waals surface area (Å²) in [5.74, 6) is -1.02. The van der Waals surface area contributed by atoms with Gasteiger partial charge in [0.15, 0.2) is 18.2 Å². The topological polar surface area (TPSA) is 66.5 Å². The largest absolute Gasteiger partial charge is 0.367 e. The highest BCUT2D eigenvalue weighted by molar-refractivity contribution is 5.82. The summed E-state index contributed by atoms with van der Waals surface area (Å²) in [6.07, 6.45) is 2.24. The van der Waals surface area contributed by atoms with E-state index < -0.39 is 30.4 Å². The molecule has 6 atom stereocenters. The molecule has 7 nitrogen and oxygen atoms in total. The van der Waals surface area contributed by atoms with E-state index in [-0.39, 0.29) is 18.1 Å². The zero-order chi connectivity index (χ0) is 18.6. The average Bonchev–Trinajstić information content (AvgIpc) is 3.40. The van der Waals surface area contributed by atoms with Crippen LogP contribution < -0.4 is 0 Å². The summed E-state index contributed by atoms with van der Waals surface area (Å²) in [7, 11) is 0. The summed E-state index contributed by atoms with van der Waals surface area (Å²) in [5.41, 5.74) is 1.02. The molecule has 0 N–H and O–H groups in total. The lowest BCUT2D eigenvalue weighted by atomic mass is 10.1. The molecule has 2 bridgehead atoms. The van der Waals surface area contributed by atoms with Gasteiger partial charge in [-0.25, -0.2) is 5.06 Å². The highest BCUT2D eigenvalue weighted by atomic mass is 16.8. The van der Waals surface area contributed by atoms with Gasteiger partial charge < -0.3 is 18.9 Å². The molecule has 0 spiro atoms. The molecule has 3 heterocycles. The highest BCUT2D eigenvalue weighted by Gasteiger charge is 2.59. The number of carbonyl (C=O) groups is 1. The van der Waals surface area contributed by atoms with E-state index in [0.717, 1.165) is 12.0 Å². The predicted octanol–water partition coefficient (Wildman–Crippen LogP) is 1.92. The summed E-state index contributed by atoms with van der Waals surface area (Å²) < 4.78 is 23.8. The van der Waals surface area contributed by atoms with Crippen molar-refractivity contribution >= 4 is 5.91 Å². The third-order valence-electron chi connectivity index (χ3n) is 5.31. The summed E-state index contributed by atoms with van der Waals surface area (Å²) >= 11 is 0. The minimum atomic E-state index is -0.826. The molecule has 3 aliphatic heterocycles. The molecule has 0 radical (unpaired) electrons. The van der Waals surface area contributed by atoms with Crippen molar-refractivity contribution in [1.82, 2.24) is 5.06 Å². The Balaban J connectivity index is 1.35. The van der Waals surface area contributed by atoms with Crippen LogP contribution in [0, 0.1) is 0 Å². The number of amides is 1. The second kappa shape index (κ2) is 6.39. The second-order valence-corrected chi connectivity index (χ2v) is 7.78. The van der Waals surface area contributed by atoms with Crippen LogP contribution in [0.5, 0.6) is 0 Å². The maximum Gasteiger partial charge on any atom is 0.278 e. The van der Waals surface area contributed by atoms with Crippen LogP contribution in [0.25, 0.3) is 0 Å². The van der Waals surface area contributed by atoms with Gasteiger partial charge in [-0.3, -0.25) is 9.63 Å². The Kier molecular flexibility index (Phi) is 4.10. The van der Waals surface area contributed by atoms with Gasteiger partial charge >= 0.3 is 0 Å². The molecular weight excluding hydrogens is 350 g/mol. The van der Waals surface area contributed by atoms with Gasteiger partial charge in [-0.1, -0.05) is 42.5 Å². The first-order valence-electron chi connectivity index (χ1n) is 9.35. The van der Waals surface area contributed by atoms with Gasteiger partial charge in [0.1, 0.15) is 18.3 Å². The van der Waals surface area contributed by atoms with Gasteiger partial charge in [0, 0.05) is 6.42 Å². The standard InChI is InChI=1S/C20H23NO6/c1-20(2)25-17-15(23-11-12-6-4-3-5-7-12)16(24-19(17)26-20)18(22)21-13-8-9-14(10-13)27-21/h3-9,13-17,19H,10-11H2,1-2H3/t13?,14?,15-,16-,17+,19+/m0/s1. The van der Waals surface area contributed by atoms with Crippen LogP contribution >= 0.6 is 0 Å². The number of hydrogen-bond donors (Lipinski definition) is 0. The molecule has 0 saturated carbocycles. The molecule has 4 aliphatic rings. The zero-order valence-corrected chi connectivity index (χ0v) is 15.3. The van der Waals surface area contributed by atoms with Gasteiger partial charge in [0.2, 0.25) is 0 Å². The van der Waals surface area contributed by atoms with Crippen molar-refractivity contribution < 1.29 is 28.6 Å². The minimum Gasteiger partial charge on any atom is -0.367 e. The maximum absolute atomic E-state index is 13.1. The molecule has 1 aromatic carbocycles. The summed E-state index contributed by atoms with van der Waals surface area (Å²) in [6, 6.07) is 9.78. The van der Waals surface area contributed by atoms with E-state index in [1.807, 2.05) is 56.3 Å². The maximum atomic E-state index is 13.1. The van der Waals surface area contributed by atoms with Crippen LogP contribution in [-0.2, 0) is 35.2 Å². The minimum absolute atomic E-state index is 0.0324. The lowest BCUT2D eigenvalue weighted by Gasteiger charge is -2.29. The van der Waals surface area contributed by atoms with E-state index in [1.165, 1.54) is 5.06 Å². The first kappa shape index (κ1) is 17.3. The molecule has 5 rings (SSSR count). The van der Waals surface area contributed by atoms with E-state index in [2.05, 4.69) is 0 Å². The average molecular weight is 373 g/mol. The van der Waals surface area contributed by atoms with Crippen LogP contribution in [0.2, 0.25) is 0 Å². The SMILES string of the molecule is CC1(C)O[C@H]2O[C@H](C(=O)N3OC4C=CC3C4)[C@H](OCc3ccccc3)[C@H]2O1. The molecule has 144 valence electrons. The number of rotatable bonds is 4. The lowest BCUT2D eigenvalue weighted by Crippen LogP contribution is -2.48. The molecule has 1 amide bonds. The van der Waals surface area contributed by atoms with E-state index in [4.69, 9.17) is 23.8 Å². The van der Waals surface area contributed by atoms with Crippen molar-refractivity contribution in [3.8, 4) is 0 Å². The number of benzene rings is 1. The van der Waals surface area contributed by atoms with Gasteiger partial charge in [0.25, 0.3) is 5.91 Å². The van der Waals surface area contributed by atoms with Crippen LogP contribution in [0.1, 0.15) is 25.8 Å². The number of carbonyl (C=O) groups excluding carboxylic acids is 1. The van der Waals surface area contributed by atoms with E-state index in [9.17, 15) is 4.79 Å². The van der Waals surface area contributed by atoms with E-state index >= 15 is 0 Å². The zero-order valence-electron chi connectivity index (χ0n) is 15.3. The summed E-state index contributed by atoms with van der Waals surface area (Å²) in [4.78, 5) is 18.8. The molecule has 0 aromatic heterocycles. The smallest absolute Gasteiger partial charge is 0.278 e.